The number of hydrogen-bond acceptors (Lipinski definition) is 6. The minimum atomic E-state index is 0.186. The van der Waals surface area contributed by atoms with Crippen molar-refractivity contribution in [3.63, 3.8) is 0 Å². The third-order valence-corrected chi connectivity index (χ3v) is 6.41. The second-order valence-corrected chi connectivity index (χ2v) is 8.18. The number of hydrogen-bond donors (Lipinski definition) is 0. The molecule has 0 bridgehead atoms. The molecule has 2 aromatic rings. The van der Waals surface area contributed by atoms with E-state index in [9.17, 15) is 4.79 Å². The summed E-state index contributed by atoms with van der Waals surface area (Å²) in [6.45, 7) is 9.56. The molecule has 2 atom stereocenters. The highest BCUT2D eigenvalue weighted by molar-refractivity contribution is 7.13. The first-order valence-electron chi connectivity index (χ1n) is 9.22. The van der Waals surface area contributed by atoms with Crippen molar-refractivity contribution in [1.29, 1.82) is 0 Å². The number of nitrogens with zero attached hydrogens (tertiary/aromatic N) is 5. The van der Waals surface area contributed by atoms with E-state index in [2.05, 4.69) is 33.2 Å². The zero-order chi connectivity index (χ0) is 18.1. The van der Waals surface area contributed by atoms with E-state index in [1.54, 1.807) is 18.3 Å². The third kappa shape index (κ3) is 3.46. The second kappa shape index (κ2) is 7.32. The maximum Gasteiger partial charge on any atom is 0.219 e. The number of rotatable bonds is 3. The van der Waals surface area contributed by atoms with E-state index >= 15 is 0 Å². The summed E-state index contributed by atoms with van der Waals surface area (Å²) in [6.07, 6.45) is 3.72. The molecule has 4 heterocycles. The van der Waals surface area contributed by atoms with Gasteiger partial charge in [-0.15, -0.1) is 11.3 Å². The molecule has 2 saturated heterocycles. The summed E-state index contributed by atoms with van der Waals surface area (Å²) < 4.78 is 0. The van der Waals surface area contributed by atoms with E-state index in [4.69, 9.17) is 4.98 Å². The Morgan fingerprint density at radius 2 is 2.00 bits per heavy atom. The molecule has 2 fully saturated rings. The first-order valence-corrected chi connectivity index (χ1v) is 10.1. The Labute approximate surface area is 158 Å². The molecule has 0 aliphatic carbocycles. The van der Waals surface area contributed by atoms with Gasteiger partial charge in [-0.1, -0.05) is 13.0 Å². The molecule has 138 valence electrons. The first kappa shape index (κ1) is 17.4. The van der Waals surface area contributed by atoms with Crippen LogP contribution >= 0.6 is 11.3 Å². The Morgan fingerprint density at radius 1 is 1.19 bits per heavy atom. The SMILES string of the molecule is CC(=O)N1CCN(C2CN(c3cncc(-c4cccs4)n3)CC2C)CC1. The highest BCUT2D eigenvalue weighted by Gasteiger charge is 2.36. The Bertz CT molecular complexity index is 757. The molecule has 26 heavy (non-hydrogen) atoms. The predicted octanol–water partition coefficient (Wildman–Crippen LogP) is 2.19. The lowest BCUT2D eigenvalue weighted by Crippen LogP contribution is -2.53. The van der Waals surface area contributed by atoms with Crippen LogP contribution in [0.2, 0.25) is 0 Å². The number of anilines is 1. The minimum Gasteiger partial charge on any atom is -0.353 e. The second-order valence-electron chi connectivity index (χ2n) is 7.23. The summed E-state index contributed by atoms with van der Waals surface area (Å²) in [5.41, 5.74) is 0.948. The normalized spacial score (nSPS) is 24.2. The van der Waals surface area contributed by atoms with Crippen molar-refractivity contribution in [2.75, 3.05) is 44.2 Å². The fourth-order valence-electron chi connectivity index (χ4n) is 4.03. The fourth-order valence-corrected chi connectivity index (χ4v) is 4.71. The van der Waals surface area contributed by atoms with Gasteiger partial charge in [0.2, 0.25) is 5.91 Å². The molecule has 0 aromatic carbocycles. The number of piperazine rings is 1. The van der Waals surface area contributed by atoms with Crippen LogP contribution in [-0.4, -0.2) is 71.0 Å². The molecule has 2 unspecified atom stereocenters. The summed E-state index contributed by atoms with van der Waals surface area (Å²) in [6, 6.07) is 4.64. The standard InChI is InChI=1S/C19H25N5OS/c1-14-12-24(13-17(14)23-7-5-22(6-8-23)15(2)25)19-11-20-10-16(21-19)18-4-3-9-26-18/h3-4,9-11,14,17H,5-8,12-13H2,1-2H3. The minimum absolute atomic E-state index is 0.186. The van der Waals surface area contributed by atoms with Crippen LogP contribution in [0.5, 0.6) is 0 Å². The van der Waals surface area contributed by atoms with Gasteiger partial charge >= 0.3 is 0 Å². The lowest BCUT2D eigenvalue weighted by Gasteiger charge is -2.38. The summed E-state index contributed by atoms with van der Waals surface area (Å²) in [4.78, 5) is 28.8. The number of amides is 1. The molecule has 2 aliphatic rings. The van der Waals surface area contributed by atoms with Crippen molar-refractivity contribution < 1.29 is 4.79 Å². The number of thiophene rings is 1. The lowest BCUT2D eigenvalue weighted by molar-refractivity contribution is -0.130. The van der Waals surface area contributed by atoms with Gasteiger partial charge in [-0.2, -0.15) is 0 Å². The van der Waals surface area contributed by atoms with Crippen molar-refractivity contribution >= 4 is 23.1 Å². The Balaban J connectivity index is 1.44. The van der Waals surface area contributed by atoms with Crippen LogP contribution in [0.25, 0.3) is 10.6 Å². The lowest BCUT2D eigenvalue weighted by atomic mass is 10.0. The zero-order valence-electron chi connectivity index (χ0n) is 15.3. The van der Waals surface area contributed by atoms with Crippen LogP contribution < -0.4 is 4.90 Å². The van der Waals surface area contributed by atoms with Gasteiger partial charge in [-0.25, -0.2) is 4.98 Å². The average molecular weight is 372 g/mol. The van der Waals surface area contributed by atoms with Crippen LogP contribution in [0, 0.1) is 5.92 Å². The Morgan fingerprint density at radius 3 is 2.69 bits per heavy atom. The first-order chi connectivity index (χ1) is 12.6. The Hall–Kier alpha value is -1.99. The molecule has 0 spiro atoms. The molecule has 1 amide bonds. The predicted molar refractivity (Wildman–Crippen MR) is 104 cm³/mol. The molecule has 0 saturated carbocycles. The molecule has 0 N–H and O–H groups in total. The average Bonchev–Trinajstić information content (AvgIpc) is 3.32. The topological polar surface area (TPSA) is 52.6 Å². The van der Waals surface area contributed by atoms with Crippen molar-refractivity contribution in [1.82, 2.24) is 19.8 Å². The summed E-state index contributed by atoms with van der Waals surface area (Å²) in [5, 5.41) is 2.07. The summed E-state index contributed by atoms with van der Waals surface area (Å²) in [7, 11) is 0. The Kier molecular flexibility index (Phi) is 4.91. The van der Waals surface area contributed by atoms with Gasteiger partial charge < -0.3 is 9.80 Å². The number of carbonyl (C=O) groups excluding carboxylic acids is 1. The quantitative estimate of drug-likeness (QED) is 0.828. The smallest absolute Gasteiger partial charge is 0.219 e. The van der Waals surface area contributed by atoms with Crippen molar-refractivity contribution in [2.24, 2.45) is 5.92 Å². The van der Waals surface area contributed by atoms with Gasteiger partial charge in [0.1, 0.15) is 11.5 Å². The maximum atomic E-state index is 11.5. The number of aromatic nitrogens is 2. The van der Waals surface area contributed by atoms with Crippen LogP contribution in [0.3, 0.4) is 0 Å². The third-order valence-electron chi connectivity index (χ3n) is 5.52. The van der Waals surface area contributed by atoms with E-state index < -0.39 is 0 Å². The van der Waals surface area contributed by atoms with E-state index in [1.807, 2.05) is 23.4 Å². The van der Waals surface area contributed by atoms with Gasteiger partial charge in [0.25, 0.3) is 0 Å². The molecule has 2 aromatic heterocycles. The van der Waals surface area contributed by atoms with E-state index in [0.717, 1.165) is 55.7 Å². The van der Waals surface area contributed by atoms with Gasteiger partial charge in [0.15, 0.2) is 0 Å². The molecule has 2 aliphatic heterocycles. The van der Waals surface area contributed by atoms with Crippen LogP contribution in [0.1, 0.15) is 13.8 Å². The highest BCUT2D eigenvalue weighted by atomic mass is 32.1. The number of carbonyl (C=O) groups is 1. The zero-order valence-corrected chi connectivity index (χ0v) is 16.2. The highest BCUT2D eigenvalue weighted by Crippen LogP contribution is 2.29. The molecular weight excluding hydrogens is 346 g/mol. The van der Waals surface area contributed by atoms with E-state index in [-0.39, 0.29) is 5.91 Å². The fraction of sp³-hybridized carbons (Fsp3) is 0.526. The summed E-state index contributed by atoms with van der Waals surface area (Å²) in [5.74, 6) is 1.73. The van der Waals surface area contributed by atoms with Gasteiger partial charge in [-0.05, 0) is 17.4 Å². The molecule has 7 heteroatoms. The summed E-state index contributed by atoms with van der Waals surface area (Å²) >= 11 is 1.69. The molecule has 4 rings (SSSR count). The maximum absolute atomic E-state index is 11.5. The van der Waals surface area contributed by atoms with E-state index in [0.29, 0.717) is 12.0 Å². The van der Waals surface area contributed by atoms with Crippen molar-refractivity contribution in [3.8, 4) is 10.6 Å². The monoisotopic (exact) mass is 371 g/mol. The van der Waals surface area contributed by atoms with Crippen molar-refractivity contribution in [3.05, 3.63) is 29.9 Å². The molecular formula is C19H25N5OS. The van der Waals surface area contributed by atoms with Crippen LogP contribution in [0.4, 0.5) is 5.82 Å². The molecule has 6 nitrogen and oxygen atoms in total. The largest absolute Gasteiger partial charge is 0.353 e. The van der Waals surface area contributed by atoms with Gasteiger partial charge in [0, 0.05) is 52.2 Å². The van der Waals surface area contributed by atoms with Gasteiger partial charge in [-0.3, -0.25) is 14.7 Å². The van der Waals surface area contributed by atoms with Crippen molar-refractivity contribution in [2.45, 2.75) is 19.9 Å². The molecule has 0 radical (unpaired) electrons. The van der Waals surface area contributed by atoms with Crippen LogP contribution in [0.15, 0.2) is 29.9 Å². The van der Waals surface area contributed by atoms with Crippen LogP contribution in [-0.2, 0) is 4.79 Å². The van der Waals surface area contributed by atoms with E-state index in [1.165, 1.54) is 0 Å². The van der Waals surface area contributed by atoms with Gasteiger partial charge in [0.05, 0.1) is 17.3 Å².